The van der Waals surface area contributed by atoms with Gasteiger partial charge in [0.2, 0.25) is 0 Å². The number of hydrogen-bond acceptors (Lipinski definition) is 4. The van der Waals surface area contributed by atoms with E-state index in [2.05, 4.69) is 0 Å². The molecule has 129 valence electrons. The largest absolute Gasteiger partial charge is 2.00 e. The van der Waals surface area contributed by atoms with E-state index in [1.807, 2.05) is 41.5 Å². The van der Waals surface area contributed by atoms with E-state index < -0.39 is 22.8 Å². The maximum absolute atomic E-state index is 10.6. The van der Waals surface area contributed by atoms with Gasteiger partial charge in [0.25, 0.3) is 0 Å². The van der Waals surface area contributed by atoms with Gasteiger partial charge < -0.3 is 19.8 Å². The number of rotatable bonds is 8. The number of aliphatic carboxylic acids is 2. The van der Waals surface area contributed by atoms with Crippen molar-refractivity contribution in [3.05, 3.63) is 0 Å². The molecule has 0 aliphatic heterocycles. The molecule has 0 aromatic carbocycles. The van der Waals surface area contributed by atoms with E-state index in [-0.39, 0.29) is 17.1 Å². The zero-order valence-electron chi connectivity index (χ0n) is 14.2. The topological polar surface area (TPSA) is 80.3 Å². The summed E-state index contributed by atoms with van der Waals surface area (Å²) in [7, 11) is 0. The fourth-order valence-electron chi connectivity index (χ4n) is 2.37. The third kappa shape index (κ3) is 6.84. The summed E-state index contributed by atoms with van der Waals surface area (Å²) in [6.07, 6.45) is 4.01. The van der Waals surface area contributed by atoms with E-state index >= 15 is 0 Å². The minimum atomic E-state index is -0.903. The van der Waals surface area contributed by atoms with Gasteiger partial charge in [-0.3, -0.25) is 0 Å². The van der Waals surface area contributed by atoms with Crippen LogP contribution in [0.1, 0.15) is 80.1 Å². The Morgan fingerprint density at radius 3 is 0.762 bits per heavy atom. The van der Waals surface area contributed by atoms with Gasteiger partial charge in [0.15, 0.2) is 0 Å². The molecule has 0 bridgehead atoms. The molecule has 4 nitrogen and oxygen atoms in total. The molecule has 0 aliphatic rings. The van der Waals surface area contributed by atoms with E-state index in [1.54, 1.807) is 0 Å². The number of carboxylic acid groups (broad SMARTS) is 2. The van der Waals surface area contributed by atoms with E-state index in [9.17, 15) is 19.8 Å². The second kappa shape index (κ2) is 12.0. The summed E-state index contributed by atoms with van der Waals surface area (Å²) >= 11 is 0. The summed E-state index contributed by atoms with van der Waals surface area (Å²) in [6, 6.07) is 0. The van der Waals surface area contributed by atoms with Crippen molar-refractivity contribution in [1.29, 1.82) is 0 Å². The Bertz CT molecular complexity index is 248. The van der Waals surface area contributed by atoms with Gasteiger partial charge in [0, 0.05) is 22.8 Å². The van der Waals surface area contributed by atoms with Crippen LogP contribution in [0.3, 0.4) is 0 Å². The summed E-state index contributed by atoms with van der Waals surface area (Å²) in [5.41, 5.74) is -1.14. The molecule has 0 aromatic heterocycles. The predicted molar refractivity (Wildman–Crippen MR) is 76.6 cm³/mol. The van der Waals surface area contributed by atoms with Crippen LogP contribution in [0, 0.1) is 10.8 Å². The number of carbonyl (C=O) groups excluding carboxylic acids is 2. The van der Waals surface area contributed by atoms with Crippen molar-refractivity contribution in [3.63, 3.8) is 0 Å². The first-order valence-corrected chi connectivity index (χ1v) is 7.68. The summed E-state index contributed by atoms with van der Waals surface area (Å²) in [5.74, 6) is -1.81. The second-order valence-electron chi connectivity index (χ2n) is 5.26. The first-order chi connectivity index (χ1) is 9.25. The molecule has 0 N–H and O–H groups in total. The molecule has 0 spiro atoms. The minimum absolute atomic E-state index is 0. The first-order valence-electron chi connectivity index (χ1n) is 7.68. The van der Waals surface area contributed by atoms with Gasteiger partial charge in [-0.25, -0.2) is 0 Å². The molecule has 0 saturated carbocycles. The van der Waals surface area contributed by atoms with E-state index in [1.165, 1.54) is 0 Å². The van der Waals surface area contributed by atoms with Crippen LogP contribution in [0.25, 0.3) is 0 Å². The second-order valence-corrected chi connectivity index (χ2v) is 5.26. The molecule has 0 rings (SSSR count). The molecule has 0 fully saturated rings. The van der Waals surface area contributed by atoms with Crippen molar-refractivity contribution in [1.82, 2.24) is 0 Å². The standard InChI is InChI=1S/2C8H16O2.Cu/c2*1-4-8(5-2,6-3)7(9)10;/h2*4-6H2,1-3H3,(H,9,10);/q;;+2/p-2. The van der Waals surface area contributed by atoms with Crippen LogP contribution in [0.15, 0.2) is 0 Å². The van der Waals surface area contributed by atoms with Crippen LogP contribution in [0.4, 0.5) is 0 Å². The first kappa shape index (κ1) is 25.4. The van der Waals surface area contributed by atoms with Crippen molar-refractivity contribution in [3.8, 4) is 0 Å². The Labute approximate surface area is 140 Å². The number of carboxylic acids is 2. The molecule has 1 radical (unpaired) electrons. The van der Waals surface area contributed by atoms with Crippen molar-refractivity contribution in [2.75, 3.05) is 0 Å². The summed E-state index contributed by atoms with van der Waals surface area (Å²) < 4.78 is 0. The fourth-order valence-corrected chi connectivity index (χ4v) is 2.37. The Morgan fingerprint density at radius 2 is 0.762 bits per heavy atom. The molecule has 0 heterocycles. The smallest absolute Gasteiger partial charge is 0.550 e. The molecular weight excluding hydrogens is 320 g/mol. The molecule has 0 saturated heterocycles. The zero-order valence-corrected chi connectivity index (χ0v) is 15.1. The summed E-state index contributed by atoms with van der Waals surface area (Å²) in [5, 5.41) is 21.2. The Hall–Kier alpha value is -0.541. The van der Waals surface area contributed by atoms with Crippen LogP contribution < -0.4 is 10.2 Å². The SMILES string of the molecule is CCC(CC)(CC)C(=O)[O-].CCC(CC)(CC)C(=O)[O-].[Cu+2]. The molecule has 0 amide bonds. The average molecular weight is 350 g/mol. The van der Waals surface area contributed by atoms with Crippen molar-refractivity contribution >= 4 is 11.9 Å². The average Bonchev–Trinajstić information content (AvgIpc) is 2.44. The normalized spacial score (nSPS) is 11.0. The van der Waals surface area contributed by atoms with Crippen molar-refractivity contribution < 1.29 is 36.9 Å². The van der Waals surface area contributed by atoms with Crippen molar-refractivity contribution in [2.45, 2.75) is 80.1 Å². The van der Waals surface area contributed by atoms with Crippen LogP contribution in [-0.2, 0) is 26.7 Å². The Kier molecular flexibility index (Phi) is 14.6. The number of carbonyl (C=O) groups is 2. The zero-order chi connectivity index (χ0) is 16.4. The molecule has 0 atom stereocenters. The van der Waals surface area contributed by atoms with Gasteiger partial charge in [0.1, 0.15) is 0 Å². The van der Waals surface area contributed by atoms with E-state index in [4.69, 9.17) is 0 Å². The van der Waals surface area contributed by atoms with Gasteiger partial charge in [-0.1, -0.05) is 41.5 Å². The maximum atomic E-state index is 10.6. The van der Waals surface area contributed by atoms with E-state index in [0.29, 0.717) is 38.5 Å². The monoisotopic (exact) mass is 349 g/mol. The third-order valence-electron chi connectivity index (χ3n) is 4.93. The van der Waals surface area contributed by atoms with Gasteiger partial charge in [0.05, 0.1) is 0 Å². The third-order valence-corrected chi connectivity index (χ3v) is 4.93. The van der Waals surface area contributed by atoms with Crippen LogP contribution in [-0.4, -0.2) is 11.9 Å². The quantitative estimate of drug-likeness (QED) is 0.627. The van der Waals surface area contributed by atoms with Crippen LogP contribution in [0.2, 0.25) is 0 Å². The number of hydrogen-bond donors (Lipinski definition) is 0. The molecule has 5 heteroatoms. The van der Waals surface area contributed by atoms with Crippen molar-refractivity contribution in [2.24, 2.45) is 10.8 Å². The summed E-state index contributed by atoms with van der Waals surface area (Å²) in [6.45, 7) is 11.3. The van der Waals surface area contributed by atoms with Crippen LogP contribution in [0.5, 0.6) is 0 Å². The Morgan fingerprint density at radius 1 is 0.619 bits per heavy atom. The van der Waals surface area contributed by atoms with Gasteiger partial charge in [-0.05, 0) is 38.5 Å². The predicted octanol–water partition coefficient (Wildman–Crippen LogP) is 1.90. The maximum Gasteiger partial charge on any atom is 2.00 e. The van der Waals surface area contributed by atoms with Gasteiger partial charge in [-0.2, -0.15) is 0 Å². The molecule has 0 aliphatic carbocycles. The van der Waals surface area contributed by atoms with Gasteiger partial charge >= 0.3 is 17.1 Å². The minimum Gasteiger partial charge on any atom is -0.550 e. The molecule has 21 heavy (non-hydrogen) atoms. The fraction of sp³-hybridized carbons (Fsp3) is 0.875. The van der Waals surface area contributed by atoms with E-state index in [0.717, 1.165) is 0 Å². The summed E-state index contributed by atoms with van der Waals surface area (Å²) in [4.78, 5) is 21.2. The molecule has 0 unspecified atom stereocenters. The van der Waals surface area contributed by atoms with Gasteiger partial charge in [-0.15, -0.1) is 0 Å². The molecular formula is C16H30CuO4. The molecule has 0 aromatic rings. The Balaban J connectivity index is -0.000000295. The van der Waals surface area contributed by atoms with Crippen LogP contribution >= 0.6 is 0 Å².